The fourth-order valence-corrected chi connectivity index (χ4v) is 2.86. The maximum absolute atomic E-state index is 12.3. The molecule has 0 spiro atoms. The van der Waals surface area contributed by atoms with Gasteiger partial charge >= 0.3 is 5.97 Å². The van der Waals surface area contributed by atoms with Crippen molar-refractivity contribution < 1.29 is 19.4 Å². The van der Waals surface area contributed by atoms with E-state index in [1.165, 1.54) is 7.11 Å². The van der Waals surface area contributed by atoms with Crippen LogP contribution < -0.4 is 10.1 Å². The first kappa shape index (κ1) is 18.8. The van der Waals surface area contributed by atoms with E-state index < -0.39 is 11.9 Å². The number of aryl methyl sites for hydroxylation is 1. The first-order valence-corrected chi connectivity index (χ1v) is 8.18. The Morgan fingerprint density at radius 3 is 2.60 bits per heavy atom. The van der Waals surface area contributed by atoms with Crippen molar-refractivity contribution in [3.63, 3.8) is 0 Å². The van der Waals surface area contributed by atoms with Crippen LogP contribution in [0.2, 0.25) is 5.02 Å². The van der Waals surface area contributed by atoms with Crippen LogP contribution >= 0.6 is 11.6 Å². The molecule has 0 fully saturated rings. The van der Waals surface area contributed by atoms with Gasteiger partial charge in [-0.05, 0) is 48.7 Å². The number of hydrogen-bond donors (Lipinski definition) is 2. The molecule has 0 aliphatic rings. The van der Waals surface area contributed by atoms with E-state index in [-0.39, 0.29) is 18.9 Å². The summed E-state index contributed by atoms with van der Waals surface area (Å²) in [7, 11) is 1.54. The molecule has 0 aliphatic heterocycles. The third-order valence-electron chi connectivity index (χ3n) is 3.82. The lowest BCUT2D eigenvalue weighted by Crippen LogP contribution is -2.34. The van der Waals surface area contributed by atoms with Gasteiger partial charge in [-0.15, -0.1) is 0 Å². The molecule has 1 atom stereocenters. The predicted octanol–water partition coefficient (Wildman–Crippen LogP) is 3.33. The van der Waals surface area contributed by atoms with Gasteiger partial charge in [0.25, 0.3) is 5.91 Å². The summed E-state index contributed by atoms with van der Waals surface area (Å²) in [4.78, 5) is 23.8. The molecule has 1 unspecified atom stereocenters. The molecule has 5 nitrogen and oxygen atoms in total. The molecule has 0 heterocycles. The Hall–Kier alpha value is -2.53. The van der Waals surface area contributed by atoms with Crippen LogP contribution in [0.4, 0.5) is 0 Å². The van der Waals surface area contributed by atoms with Gasteiger partial charge in [-0.25, -0.2) is 0 Å². The van der Waals surface area contributed by atoms with Crippen molar-refractivity contribution in [1.82, 2.24) is 5.32 Å². The number of carbonyl (C=O) groups is 2. The van der Waals surface area contributed by atoms with E-state index in [0.29, 0.717) is 16.3 Å². The second kappa shape index (κ2) is 8.53. The fourth-order valence-electron chi connectivity index (χ4n) is 2.57. The lowest BCUT2D eigenvalue weighted by Gasteiger charge is -2.15. The van der Waals surface area contributed by atoms with Crippen LogP contribution in [0.15, 0.2) is 42.5 Å². The van der Waals surface area contributed by atoms with Gasteiger partial charge in [0.2, 0.25) is 0 Å². The zero-order valence-corrected chi connectivity index (χ0v) is 14.8. The molecular formula is C19H20ClNO4. The van der Waals surface area contributed by atoms with Gasteiger partial charge in [-0.1, -0.05) is 29.8 Å². The first-order chi connectivity index (χ1) is 11.9. The quantitative estimate of drug-likeness (QED) is 0.793. The highest BCUT2D eigenvalue weighted by atomic mass is 35.5. The average molecular weight is 362 g/mol. The Morgan fingerprint density at radius 2 is 1.96 bits per heavy atom. The van der Waals surface area contributed by atoms with Crippen LogP contribution in [0.5, 0.6) is 5.75 Å². The second-order valence-corrected chi connectivity index (χ2v) is 6.21. The van der Waals surface area contributed by atoms with Crippen LogP contribution in [0, 0.1) is 12.8 Å². The normalized spacial score (nSPS) is 11.6. The molecule has 25 heavy (non-hydrogen) atoms. The van der Waals surface area contributed by atoms with E-state index in [1.807, 2.05) is 25.1 Å². The average Bonchev–Trinajstić information content (AvgIpc) is 2.57. The number of aliphatic carboxylic acids is 1. The Bertz CT molecular complexity index is 756. The summed E-state index contributed by atoms with van der Waals surface area (Å²) in [6, 6.07) is 12.3. The Balaban J connectivity index is 2.06. The molecule has 0 saturated heterocycles. The molecule has 0 aliphatic carbocycles. The molecule has 2 aromatic rings. The molecule has 0 aromatic heterocycles. The van der Waals surface area contributed by atoms with E-state index in [1.54, 1.807) is 24.3 Å². The fraction of sp³-hybridized carbons (Fsp3) is 0.263. The molecular weight excluding hydrogens is 342 g/mol. The molecule has 132 valence electrons. The highest BCUT2D eigenvalue weighted by Crippen LogP contribution is 2.21. The van der Waals surface area contributed by atoms with E-state index >= 15 is 0 Å². The zero-order valence-electron chi connectivity index (χ0n) is 14.1. The van der Waals surface area contributed by atoms with Crippen molar-refractivity contribution in [1.29, 1.82) is 0 Å². The minimum Gasteiger partial charge on any atom is -0.496 e. The first-order valence-electron chi connectivity index (χ1n) is 7.80. The number of amides is 1. The van der Waals surface area contributed by atoms with Crippen LogP contribution in [-0.2, 0) is 11.2 Å². The standard InChI is InChI=1S/C19H20ClNO4/c1-12-7-14(10-16(20)8-12)18(22)21-11-15(19(23)24)9-13-5-3-4-6-17(13)25-2/h3-8,10,15H,9,11H2,1-2H3,(H,21,22)(H,23,24). The predicted molar refractivity (Wildman–Crippen MR) is 96.3 cm³/mol. The van der Waals surface area contributed by atoms with Gasteiger partial charge in [-0.2, -0.15) is 0 Å². The van der Waals surface area contributed by atoms with Gasteiger partial charge in [-0.3, -0.25) is 9.59 Å². The number of rotatable bonds is 7. The summed E-state index contributed by atoms with van der Waals surface area (Å²) < 4.78 is 5.25. The van der Waals surface area contributed by atoms with E-state index in [2.05, 4.69) is 5.32 Å². The summed E-state index contributed by atoms with van der Waals surface area (Å²) in [6.45, 7) is 1.85. The largest absolute Gasteiger partial charge is 0.496 e. The second-order valence-electron chi connectivity index (χ2n) is 5.78. The highest BCUT2D eigenvalue weighted by Gasteiger charge is 2.21. The molecule has 0 bridgehead atoms. The number of para-hydroxylation sites is 1. The number of halogens is 1. The van der Waals surface area contributed by atoms with Crippen molar-refractivity contribution in [2.24, 2.45) is 5.92 Å². The smallest absolute Gasteiger partial charge is 0.308 e. The minimum atomic E-state index is -0.978. The van der Waals surface area contributed by atoms with Crippen molar-refractivity contribution in [2.75, 3.05) is 13.7 Å². The number of hydrogen-bond acceptors (Lipinski definition) is 3. The zero-order chi connectivity index (χ0) is 18.4. The van der Waals surface area contributed by atoms with Crippen LogP contribution in [0.25, 0.3) is 0 Å². The number of ether oxygens (including phenoxy) is 1. The maximum atomic E-state index is 12.3. The lowest BCUT2D eigenvalue weighted by molar-refractivity contribution is -0.141. The van der Waals surface area contributed by atoms with E-state index in [4.69, 9.17) is 16.3 Å². The molecule has 1 amide bonds. The molecule has 6 heteroatoms. The monoisotopic (exact) mass is 361 g/mol. The summed E-state index contributed by atoms with van der Waals surface area (Å²) in [5, 5.41) is 12.6. The molecule has 0 radical (unpaired) electrons. The molecule has 2 N–H and O–H groups in total. The van der Waals surface area contributed by atoms with Crippen molar-refractivity contribution in [3.05, 3.63) is 64.2 Å². The Kier molecular flexibility index (Phi) is 6.42. The van der Waals surface area contributed by atoms with Crippen molar-refractivity contribution in [3.8, 4) is 5.75 Å². The Labute approximate surface area is 151 Å². The number of benzene rings is 2. The summed E-state index contributed by atoms with van der Waals surface area (Å²) >= 11 is 5.96. The van der Waals surface area contributed by atoms with Gasteiger partial charge < -0.3 is 15.2 Å². The van der Waals surface area contributed by atoms with Crippen LogP contribution in [-0.4, -0.2) is 30.6 Å². The van der Waals surface area contributed by atoms with Gasteiger partial charge in [0.15, 0.2) is 0 Å². The highest BCUT2D eigenvalue weighted by molar-refractivity contribution is 6.31. The van der Waals surface area contributed by atoms with Gasteiger partial charge in [0.1, 0.15) is 5.75 Å². The maximum Gasteiger partial charge on any atom is 0.308 e. The van der Waals surface area contributed by atoms with Gasteiger partial charge in [0, 0.05) is 17.1 Å². The summed E-state index contributed by atoms with van der Waals surface area (Å²) in [6.07, 6.45) is 0.258. The van der Waals surface area contributed by atoms with Gasteiger partial charge in [0.05, 0.1) is 13.0 Å². The SMILES string of the molecule is COc1ccccc1CC(CNC(=O)c1cc(C)cc(Cl)c1)C(=O)O. The molecule has 2 rings (SSSR count). The summed E-state index contributed by atoms with van der Waals surface area (Å²) in [5.41, 5.74) is 2.05. The third kappa shape index (κ3) is 5.22. The van der Waals surface area contributed by atoms with Crippen LogP contribution in [0.3, 0.4) is 0 Å². The van der Waals surface area contributed by atoms with Crippen LogP contribution in [0.1, 0.15) is 21.5 Å². The topological polar surface area (TPSA) is 75.6 Å². The van der Waals surface area contributed by atoms with E-state index in [0.717, 1.165) is 11.1 Å². The minimum absolute atomic E-state index is 0.0117. The number of carboxylic acid groups (broad SMARTS) is 1. The number of carbonyl (C=O) groups excluding carboxylic acids is 1. The Morgan fingerprint density at radius 1 is 1.24 bits per heavy atom. The molecule has 0 saturated carbocycles. The number of nitrogens with one attached hydrogen (secondary N) is 1. The molecule has 2 aromatic carbocycles. The lowest BCUT2D eigenvalue weighted by atomic mass is 9.98. The summed E-state index contributed by atoms with van der Waals surface area (Å²) in [5.74, 6) is -1.46. The number of carboxylic acids is 1. The third-order valence-corrected chi connectivity index (χ3v) is 4.04. The van der Waals surface area contributed by atoms with Crippen molar-refractivity contribution >= 4 is 23.5 Å². The van der Waals surface area contributed by atoms with Crippen molar-refractivity contribution in [2.45, 2.75) is 13.3 Å². The number of methoxy groups -OCH3 is 1. The van der Waals surface area contributed by atoms with E-state index in [9.17, 15) is 14.7 Å².